The Morgan fingerprint density at radius 1 is 1.20 bits per heavy atom. The van der Waals surface area contributed by atoms with Crippen molar-refractivity contribution in [3.05, 3.63) is 0 Å². The van der Waals surface area contributed by atoms with Gasteiger partial charge in [0, 0.05) is 25.6 Å². The molecule has 3 nitrogen and oxygen atoms in total. The Bertz CT molecular complexity index is 224. The minimum absolute atomic E-state index is 0.343. The summed E-state index contributed by atoms with van der Waals surface area (Å²) in [7, 11) is 0. The van der Waals surface area contributed by atoms with Crippen molar-refractivity contribution >= 4 is 5.91 Å². The highest BCUT2D eigenvalue weighted by Gasteiger charge is 2.25. The number of hydrogen-bond acceptors (Lipinski definition) is 2. The minimum Gasteiger partial charge on any atom is -0.343 e. The van der Waals surface area contributed by atoms with Gasteiger partial charge in [-0.25, -0.2) is 0 Å². The van der Waals surface area contributed by atoms with Gasteiger partial charge in [-0.1, -0.05) is 6.42 Å². The number of nitrogens with zero attached hydrogens (tertiary/aromatic N) is 1. The van der Waals surface area contributed by atoms with Crippen molar-refractivity contribution in [2.24, 2.45) is 11.7 Å². The lowest BCUT2D eigenvalue weighted by atomic mass is 9.84. The van der Waals surface area contributed by atoms with E-state index >= 15 is 0 Å². The fraction of sp³-hybridized carbons (Fsp3) is 0.917. The van der Waals surface area contributed by atoms with Crippen LogP contribution in [0.5, 0.6) is 0 Å². The van der Waals surface area contributed by atoms with E-state index in [0.717, 1.165) is 32.4 Å². The average molecular weight is 210 g/mol. The van der Waals surface area contributed by atoms with Crippen LogP contribution in [-0.4, -0.2) is 29.9 Å². The zero-order valence-electron chi connectivity index (χ0n) is 9.45. The molecule has 2 aliphatic rings. The maximum atomic E-state index is 11.9. The van der Waals surface area contributed by atoms with Crippen molar-refractivity contribution in [3.63, 3.8) is 0 Å². The van der Waals surface area contributed by atoms with E-state index in [9.17, 15) is 4.79 Å². The monoisotopic (exact) mass is 210 g/mol. The molecule has 3 heteroatoms. The lowest BCUT2D eigenvalue weighted by Gasteiger charge is -2.27. The van der Waals surface area contributed by atoms with Crippen molar-refractivity contribution in [2.45, 2.75) is 51.0 Å². The predicted molar refractivity (Wildman–Crippen MR) is 60.4 cm³/mol. The number of carbonyl (C=O) groups is 1. The van der Waals surface area contributed by atoms with Gasteiger partial charge in [-0.15, -0.1) is 0 Å². The van der Waals surface area contributed by atoms with Gasteiger partial charge in [0.2, 0.25) is 5.91 Å². The Hall–Kier alpha value is -0.570. The summed E-state index contributed by atoms with van der Waals surface area (Å²) < 4.78 is 0. The number of hydrogen-bond donors (Lipinski definition) is 1. The highest BCUT2D eigenvalue weighted by molar-refractivity contribution is 5.76. The van der Waals surface area contributed by atoms with E-state index < -0.39 is 0 Å². The average Bonchev–Trinajstić information content (AvgIpc) is 2.70. The van der Waals surface area contributed by atoms with Crippen molar-refractivity contribution in [1.82, 2.24) is 4.90 Å². The summed E-state index contributed by atoms with van der Waals surface area (Å²) >= 11 is 0. The van der Waals surface area contributed by atoms with Crippen LogP contribution in [0.1, 0.15) is 44.9 Å². The summed E-state index contributed by atoms with van der Waals surface area (Å²) in [6.07, 6.45) is 7.74. The first-order chi connectivity index (χ1) is 7.25. The fourth-order valence-electron chi connectivity index (χ4n) is 2.86. The van der Waals surface area contributed by atoms with Gasteiger partial charge in [-0.2, -0.15) is 0 Å². The Morgan fingerprint density at radius 2 is 1.93 bits per heavy atom. The third-order valence-corrected chi connectivity index (χ3v) is 3.75. The van der Waals surface area contributed by atoms with Crippen LogP contribution in [0.4, 0.5) is 0 Å². The highest BCUT2D eigenvalue weighted by atomic mass is 16.2. The molecule has 0 spiro atoms. The molecule has 2 rings (SSSR count). The molecule has 0 aromatic heterocycles. The molecule has 86 valence electrons. The van der Waals surface area contributed by atoms with Gasteiger partial charge in [-0.05, 0) is 38.0 Å². The predicted octanol–water partition coefficient (Wildman–Crippen LogP) is 1.52. The van der Waals surface area contributed by atoms with Crippen LogP contribution in [0.15, 0.2) is 0 Å². The van der Waals surface area contributed by atoms with Crippen LogP contribution in [0.3, 0.4) is 0 Å². The summed E-state index contributed by atoms with van der Waals surface area (Å²) in [5.74, 6) is 0.924. The van der Waals surface area contributed by atoms with Crippen LogP contribution in [-0.2, 0) is 4.79 Å². The van der Waals surface area contributed by atoms with Gasteiger partial charge in [-0.3, -0.25) is 4.79 Å². The molecule has 0 aromatic rings. The van der Waals surface area contributed by atoms with E-state index in [1.165, 1.54) is 25.7 Å². The van der Waals surface area contributed by atoms with Crippen LogP contribution < -0.4 is 5.73 Å². The minimum atomic E-state index is 0.343. The van der Waals surface area contributed by atoms with Gasteiger partial charge in [0.1, 0.15) is 0 Å². The zero-order chi connectivity index (χ0) is 10.7. The third-order valence-electron chi connectivity index (χ3n) is 3.75. The van der Waals surface area contributed by atoms with Gasteiger partial charge in [0.15, 0.2) is 0 Å². The molecule has 0 aromatic carbocycles. The second-order valence-electron chi connectivity index (χ2n) is 5.08. The first-order valence-corrected chi connectivity index (χ1v) is 6.29. The topological polar surface area (TPSA) is 46.3 Å². The number of likely N-dealkylation sites (tertiary alicyclic amines) is 1. The third kappa shape index (κ3) is 2.94. The molecule has 2 atom stereocenters. The molecule has 0 bridgehead atoms. The fourth-order valence-corrected chi connectivity index (χ4v) is 2.86. The quantitative estimate of drug-likeness (QED) is 0.751. The Balaban J connectivity index is 1.77. The maximum Gasteiger partial charge on any atom is 0.222 e. The smallest absolute Gasteiger partial charge is 0.222 e. The molecule has 1 aliphatic heterocycles. The van der Waals surface area contributed by atoms with Gasteiger partial charge in [0.25, 0.3) is 0 Å². The molecule has 1 amide bonds. The van der Waals surface area contributed by atoms with Crippen molar-refractivity contribution in [3.8, 4) is 0 Å². The molecular formula is C12H22N2O. The molecule has 1 aliphatic carbocycles. The molecule has 0 unspecified atom stereocenters. The number of rotatable bonds is 2. The van der Waals surface area contributed by atoms with E-state index in [1.807, 2.05) is 4.90 Å². The van der Waals surface area contributed by atoms with E-state index in [0.29, 0.717) is 17.9 Å². The summed E-state index contributed by atoms with van der Waals surface area (Å²) in [6.45, 7) is 1.97. The SMILES string of the molecule is N[C@H]1CCC[C@@H](CC(=O)N2CCCC2)C1. The normalized spacial score (nSPS) is 31.9. The molecule has 15 heavy (non-hydrogen) atoms. The summed E-state index contributed by atoms with van der Waals surface area (Å²) in [4.78, 5) is 13.9. The summed E-state index contributed by atoms with van der Waals surface area (Å²) in [5, 5.41) is 0. The van der Waals surface area contributed by atoms with Gasteiger partial charge in [0.05, 0.1) is 0 Å². The van der Waals surface area contributed by atoms with Gasteiger partial charge >= 0.3 is 0 Å². The summed E-state index contributed by atoms with van der Waals surface area (Å²) in [5.41, 5.74) is 5.93. The largest absolute Gasteiger partial charge is 0.343 e. The van der Waals surface area contributed by atoms with Crippen LogP contribution in [0, 0.1) is 5.92 Å². The van der Waals surface area contributed by atoms with Gasteiger partial charge < -0.3 is 10.6 Å². The lowest BCUT2D eigenvalue weighted by Crippen LogP contribution is -2.33. The molecule has 0 radical (unpaired) electrons. The lowest BCUT2D eigenvalue weighted by molar-refractivity contribution is -0.131. The van der Waals surface area contributed by atoms with E-state index in [1.54, 1.807) is 0 Å². The van der Waals surface area contributed by atoms with Crippen LogP contribution in [0.2, 0.25) is 0 Å². The van der Waals surface area contributed by atoms with E-state index in [4.69, 9.17) is 5.73 Å². The summed E-state index contributed by atoms with van der Waals surface area (Å²) in [6, 6.07) is 0.343. The van der Waals surface area contributed by atoms with Crippen LogP contribution >= 0.6 is 0 Å². The second kappa shape index (κ2) is 4.97. The molecule has 1 saturated heterocycles. The molecule has 2 N–H and O–H groups in total. The first kappa shape index (κ1) is 10.9. The first-order valence-electron chi connectivity index (χ1n) is 6.29. The van der Waals surface area contributed by atoms with Crippen molar-refractivity contribution < 1.29 is 4.79 Å². The Morgan fingerprint density at radius 3 is 2.60 bits per heavy atom. The Kier molecular flexibility index (Phi) is 3.62. The molecule has 1 saturated carbocycles. The second-order valence-corrected chi connectivity index (χ2v) is 5.08. The molecular weight excluding hydrogens is 188 g/mol. The van der Waals surface area contributed by atoms with Crippen molar-refractivity contribution in [2.75, 3.05) is 13.1 Å². The zero-order valence-corrected chi connectivity index (χ0v) is 9.45. The van der Waals surface area contributed by atoms with E-state index in [-0.39, 0.29) is 0 Å². The number of nitrogens with two attached hydrogens (primary N) is 1. The molecule has 2 fully saturated rings. The Labute approximate surface area is 92.0 Å². The maximum absolute atomic E-state index is 11.9. The standard InChI is InChI=1S/C12H22N2O/c13-11-5-3-4-10(8-11)9-12(15)14-6-1-2-7-14/h10-11H,1-9,13H2/t10-,11+/m1/s1. The molecule has 1 heterocycles. The van der Waals surface area contributed by atoms with Crippen LogP contribution in [0.25, 0.3) is 0 Å². The number of amides is 1. The highest BCUT2D eigenvalue weighted by Crippen LogP contribution is 2.26. The number of carbonyl (C=O) groups excluding carboxylic acids is 1. The van der Waals surface area contributed by atoms with E-state index in [2.05, 4.69) is 0 Å². The van der Waals surface area contributed by atoms with Crippen molar-refractivity contribution in [1.29, 1.82) is 0 Å².